The molecule has 2 N–H and O–H groups in total. The van der Waals surface area contributed by atoms with Crippen molar-refractivity contribution in [2.45, 2.75) is 32.4 Å². The number of aromatic nitrogens is 3. The van der Waals surface area contributed by atoms with Crippen molar-refractivity contribution in [2.75, 3.05) is 6.54 Å². The minimum absolute atomic E-state index is 0.117. The maximum atomic E-state index is 12.7. The number of hydrogen-bond donors (Lipinski definition) is 2. The van der Waals surface area contributed by atoms with Gasteiger partial charge in [0, 0.05) is 19.5 Å². The van der Waals surface area contributed by atoms with Gasteiger partial charge in [-0.15, -0.1) is 0 Å². The molecule has 1 aliphatic rings. The zero-order chi connectivity index (χ0) is 17.8. The molecule has 130 valence electrons. The number of pyridine rings is 1. The number of nitrogens with one attached hydrogen (secondary N) is 2. The van der Waals surface area contributed by atoms with Crippen molar-refractivity contribution in [3.8, 4) is 0 Å². The molecule has 25 heavy (non-hydrogen) atoms. The van der Waals surface area contributed by atoms with Crippen LogP contribution in [-0.4, -0.2) is 38.4 Å². The van der Waals surface area contributed by atoms with Gasteiger partial charge in [0.15, 0.2) is 0 Å². The van der Waals surface area contributed by atoms with Crippen LogP contribution in [0.25, 0.3) is 0 Å². The summed E-state index contributed by atoms with van der Waals surface area (Å²) in [7, 11) is 0. The van der Waals surface area contributed by atoms with Gasteiger partial charge in [-0.05, 0) is 31.0 Å². The molecule has 2 aromatic heterocycles. The zero-order valence-corrected chi connectivity index (χ0v) is 13.9. The van der Waals surface area contributed by atoms with Gasteiger partial charge in [-0.3, -0.25) is 19.4 Å². The van der Waals surface area contributed by atoms with Crippen molar-refractivity contribution < 1.29 is 9.59 Å². The van der Waals surface area contributed by atoms with E-state index in [-0.39, 0.29) is 29.1 Å². The smallest absolute Gasteiger partial charge is 0.274 e. The first-order valence-corrected chi connectivity index (χ1v) is 8.11. The molecule has 2 amide bonds. The Morgan fingerprint density at radius 1 is 1.32 bits per heavy atom. The fraction of sp³-hybridized carbons (Fsp3) is 0.353. The van der Waals surface area contributed by atoms with E-state index >= 15 is 0 Å². The van der Waals surface area contributed by atoms with Crippen LogP contribution in [0.4, 0.5) is 0 Å². The summed E-state index contributed by atoms with van der Waals surface area (Å²) in [4.78, 5) is 41.2. The van der Waals surface area contributed by atoms with E-state index in [9.17, 15) is 14.4 Å². The SMILES string of the molecule is CC(=O)NCc1cccc(C2CCCN2C(=O)c2ccc(=O)[nH]n2)n1. The van der Waals surface area contributed by atoms with Crippen LogP contribution in [0.2, 0.25) is 0 Å². The summed E-state index contributed by atoms with van der Waals surface area (Å²) >= 11 is 0. The lowest BCUT2D eigenvalue weighted by molar-refractivity contribution is -0.119. The Bertz CT molecular complexity index is 828. The number of aromatic amines is 1. The van der Waals surface area contributed by atoms with Gasteiger partial charge in [-0.1, -0.05) is 6.07 Å². The summed E-state index contributed by atoms with van der Waals surface area (Å²) in [6.07, 6.45) is 1.68. The van der Waals surface area contributed by atoms with Gasteiger partial charge in [0.25, 0.3) is 11.5 Å². The van der Waals surface area contributed by atoms with Crippen molar-refractivity contribution in [2.24, 2.45) is 0 Å². The van der Waals surface area contributed by atoms with Gasteiger partial charge in [-0.2, -0.15) is 5.10 Å². The molecule has 1 saturated heterocycles. The third kappa shape index (κ3) is 3.90. The Labute approximate surface area is 144 Å². The van der Waals surface area contributed by atoms with Gasteiger partial charge in [0.05, 0.1) is 24.0 Å². The highest BCUT2D eigenvalue weighted by molar-refractivity contribution is 5.92. The Hall–Kier alpha value is -3.03. The summed E-state index contributed by atoms with van der Waals surface area (Å²) in [5.74, 6) is -0.346. The van der Waals surface area contributed by atoms with Crippen LogP contribution in [0.5, 0.6) is 0 Å². The first kappa shape index (κ1) is 16.8. The third-order valence-corrected chi connectivity index (χ3v) is 4.10. The zero-order valence-electron chi connectivity index (χ0n) is 13.9. The highest BCUT2D eigenvalue weighted by Gasteiger charge is 2.32. The van der Waals surface area contributed by atoms with Crippen LogP contribution in [0, 0.1) is 0 Å². The van der Waals surface area contributed by atoms with Crippen LogP contribution in [0.3, 0.4) is 0 Å². The van der Waals surface area contributed by atoms with Crippen molar-refractivity contribution in [3.05, 3.63) is 57.8 Å². The summed E-state index contributed by atoms with van der Waals surface area (Å²) in [5.41, 5.74) is 1.40. The van der Waals surface area contributed by atoms with Gasteiger partial charge < -0.3 is 10.2 Å². The molecule has 0 bridgehead atoms. The molecule has 3 heterocycles. The van der Waals surface area contributed by atoms with E-state index in [1.54, 1.807) is 4.90 Å². The first-order valence-electron chi connectivity index (χ1n) is 8.11. The van der Waals surface area contributed by atoms with E-state index in [1.165, 1.54) is 19.1 Å². The number of carbonyl (C=O) groups is 2. The number of H-pyrrole nitrogens is 1. The van der Waals surface area contributed by atoms with E-state index in [4.69, 9.17) is 0 Å². The average Bonchev–Trinajstić information content (AvgIpc) is 3.10. The number of likely N-dealkylation sites (tertiary alicyclic amines) is 1. The third-order valence-electron chi connectivity index (χ3n) is 4.10. The lowest BCUT2D eigenvalue weighted by Gasteiger charge is -2.24. The molecule has 1 aliphatic heterocycles. The van der Waals surface area contributed by atoms with E-state index in [1.807, 2.05) is 18.2 Å². The predicted molar refractivity (Wildman–Crippen MR) is 89.6 cm³/mol. The molecule has 1 atom stereocenters. The molecule has 0 saturated carbocycles. The fourth-order valence-electron chi connectivity index (χ4n) is 2.93. The Balaban J connectivity index is 1.80. The van der Waals surface area contributed by atoms with E-state index < -0.39 is 0 Å². The van der Waals surface area contributed by atoms with Gasteiger partial charge in [0.2, 0.25) is 5.91 Å². The fourth-order valence-corrected chi connectivity index (χ4v) is 2.93. The molecule has 0 spiro atoms. The number of nitrogens with zero attached hydrogens (tertiary/aromatic N) is 3. The van der Waals surface area contributed by atoms with Crippen molar-refractivity contribution in [3.63, 3.8) is 0 Å². The first-order chi connectivity index (χ1) is 12.0. The van der Waals surface area contributed by atoms with Crippen molar-refractivity contribution in [1.29, 1.82) is 0 Å². The largest absolute Gasteiger partial charge is 0.351 e. The van der Waals surface area contributed by atoms with Gasteiger partial charge >= 0.3 is 0 Å². The molecule has 1 fully saturated rings. The predicted octanol–water partition coefficient (Wildman–Crippen LogP) is 0.778. The monoisotopic (exact) mass is 341 g/mol. The van der Waals surface area contributed by atoms with Gasteiger partial charge in [0.1, 0.15) is 5.69 Å². The molecule has 0 radical (unpaired) electrons. The Kier molecular flexibility index (Phi) is 4.87. The quantitative estimate of drug-likeness (QED) is 0.854. The van der Waals surface area contributed by atoms with E-state index in [0.29, 0.717) is 13.1 Å². The van der Waals surface area contributed by atoms with Gasteiger partial charge in [-0.25, -0.2) is 5.10 Å². The minimum atomic E-state index is -0.345. The van der Waals surface area contributed by atoms with Crippen molar-refractivity contribution >= 4 is 11.8 Å². The number of amides is 2. The summed E-state index contributed by atoms with van der Waals surface area (Å²) in [6.45, 7) is 2.42. The van der Waals surface area contributed by atoms with Crippen LogP contribution in [-0.2, 0) is 11.3 Å². The Morgan fingerprint density at radius 3 is 2.88 bits per heavy atom. The second-order valence-corrected chi connectivity index (χ2v) is 5.93. The normalized spacial score (nSPS) is 16.7. The highest BCUT2D eigenvalue weighted by Crippen LogP contribution is 2.31. The molecular weight excluding hydrogens is 322 g/mol. The second-order valence-electron chi connectivity index (χ2n) is 5.93. The highest BCUT2D eigenvalue weighted by atomic mass is 16.2. The van der Waals surface area contributed by atoms with Crippen LogP contribution in [0.1, 0.15) is 47.7 Å². The molecule has 8 heteroatoms. The topological polar surface area (TPSA) is 108 Å². The molecule has 0 aromatic carbocycles. The molecule has 2 aromatic rings. The lowest BCUT2D eigenvalue weighted by Crippen LogP contribution is -2.32. The molecule has 3 rings (SSSR count). The van der Waals surface area contributed by atoms with Crippen LogP contribution >= 0.6 is 0 Å². The van der Waals surface area contributed by atoms with E-state index in [2.05, 4.69) is 20.5 Å². The van der Waals surface area contributed by atoms with E-state index in [0.717, 1.165) is 24.2 Å². The maximum absolute atomic E-state index is 12.7. The van der Waals surface area contributed by atoms with Crippen LogP contribution < -0.4 is 10.9 Å². The minimum Gasteiger partial charge on any atom is -0.351 e. The summed E-state index contributed by atoms with van der Waals surface area (Å²) in [6, 6.07) is 8.17. The summed E-state index contributed by atoms with van der Waals surface area (Å²) < 4.78 is 0. The molecular formula is C17H19N5O3. The maximum Gasteiger partial charge on any atom is 0.274 e. The molecule has 8 nitrogen and oxygen atoms in total. The number of carbonyl (C=O) groups excluding carboxylic acids is 2. The van der Waals surface area contributed by atoms with Crippen LogP contribution in [0.15, 0.2) is 35.1 Å². The standard InChI is InChI=1S/C17H19N5O3/c1-11(23)18-10-12-4-2-5-13(19-12)15-6-3-9-22(15)17(25)14-7-8-16(24)21-20-14/h2,4-5,7-8,15H,3,6,9-10H2,1H3,(H,18,23)(H,21,24). The summed E-state index contributed by atoms with van der Waals surface area (Å²) in [5, 5.41) is 8.83. The number of rotatable bonds is 4. The molecule has 0 aliphatic carbocycles. The Morgan fingerprint density at radius 2 is 2.16 bits per heavy atom. The lowest BCUT2D eigenvalue weighted by atomic mass is 10.1. The number of hydrogen-bond acceptors (Lipinski definition) is 5. The van der Waals surface area contributed by atoms with Crippen molar-refractivity contribution in [1.82, 2.24) is 25.4 Å². The molecule has 1 unspecified atom stereocenters. The second kappa shape index (κ2) is 7.25. The average molecular weight is 341 g/mol.